The molecule has 0 unspecified atom stereocenters. The van der Waals surface area contributed by atoms with Gasteiger partial charge in [-0.05, 0) is 13.3 Å². The smallest absolute Gasteiger partial charge is 0.221 e. The summed E-state index contributed by atoms with van der Waals surface area (Å²) in [5, 5.41) is 0. The Kier molecular flexibility index (Phi) is 3.45. The lowest BCUT2D eigenvalue weighted by molar-refractivity contribution is 0.302. The van der Waals surface area contributed by atoms with Crippen LogP contribution in [0.5, 0.6) is 5.88 Å². The first-order valence-corrected chi connectivity index (χ1v) is 4.20. The highest BCUT2D eigenvalue weighted by atomic mass is 16.5. The number of nitrogens with two attached hydrogens (primary N) is 1. The van der Waals surface area contributed by atoms with Crippen LogP contribution in [0.4, 0.5) is 5.82 Å². The minimum atomic E-state index is 0.588. The van der Waals surface area contributed by atoms with Crippen LogP contribution in [0.2, 0.25) is 0 Å². The van der Waals surface area contributed by atoms with Gasteiger partial charge in [-0.15, -0.1) is 0 Å². The molecule has 0 fully saturated rings. The van der Waals surface area contributed by atoms with E-state index < -0.39 is 0 Å². The van der Waals surface area contributed by atoms with Crippen molar-refractivity contribution in [2.45, 2.75) is 20.3 Å². The third-order valence-corrected chi connectivity index (χ3v) is 1.62. The molecule has 5 heteroatoms. The molecule has 0 saturated heterocycles. The maximum atomic E-state index is 5.38. The molecule has 0 spiro atoms. The van der Waals surface area contributed by atoms with Crippen molar-refractivity contribution >= 4 is 5.82 Å². The van der Waals surface area contributed by atoms with Gasteiger partial charge in [0.05, 0.1) is 12.2 Å². The summed E-state index contributed by atoms with van der Waals surface area (Å²) in [4.78, 5) is 7.93. The summed E-state index contributed by atoms with van der Waals surface area (Å²) >= 11 is 0. The van der Waals surface area contributed by atoms with Crippen molar-refractivity contribution < 1.29 is 4.74 Å². The Balaban J connectivity index is 2.81. The Morgan fingerprint density at radius 2 is 2.31 bits per heavy atom. The number of aromatic nitrogens is 2. The Hall–Kier alpha value is -1.36. The van der Waals surface area contributed by atoms with Gasteiger partial charge < -0.3 is 10.2 Å². The molecule has 72 valence electrons. The SMILES string of the molecule is CCCOc1ncnc(NN)c1C. The van der Waals surface area contributed by atoms with E-state index in [1.165, 1.54) is 6.33 Å². The number of nitrogen functional groups attached to an aromatic ring is 1. The van der Waals surface area contributed by atoms with Gasteiger partial charge in [0.1, 0.15) is 12.1 Å². The lowest BCUT2D eigenvalue weighted by Crippen LogP contribution is -2.11. The van der Waals surface area contributed by atoms with Gasteiger partial charge >= 0.3 is 0 Å². The Morgan fingerprint density at radius 1 is 1.54 bits per heavy atom. The van der Waals surface area contributed by atoms with E-state index in [0.717, 1.165) is 12.0 Å². The van der Waals surface area contributed by atoms with E-state index >= 15 is 0 Å². The molecule has 0 aliphatic heterocycles. The Morgan fingerprint density at radius 3 is 2.92 bits per heavy atom. The van der Waals surface area contributed by atoms with Crippen molar-refractivity contribution in [2.24, 2.45) is 5.84 Å². The fraction of sp³-hybridized carbons (Fsp3) is 0.500. The number of hydrogen-bond acceptors (Lipinski definition) is 5. The van der Waals surface area contributed by atoms with Gasteiger partial charge in [0.2, 0.25) is 5.88 Å². The van der Waals surface area contributed by atoms with Crippen molar-refractivity contribution in [3.8, 4) is 5.88 Å². The first kappa shape index (κ1) is 9.73. The van der Waals surface area contributed by atoms with Gasteiger partial charge in [-0.1, -0.05) is 6.92 Å². The average Bonchev–Trinajstić information content (AvgIpc) is 2.16. The summed E-state index contributed by atoms with van der Waals surface area (Å²) in [7, 11) is 0. The minimum absolute atomic E-state index is 0.588. The number of hydrazine groups is 1. The number of rotatable bonds is 4. The van der Waals surface area contributed by atoms with Crippen molar-refractivity contribution in [1.29, 1.82) is 0 Å². The van der Waals surface area contributed by atoms with Crippen molar-refractivity contribution in [1.82, 2.24) is 9.97 Å². The highest BCUT2D eigenvalue weighted by molar-refractivity contribution is 5.46. The van der Waals surface area contributed by atoms with E-state index in [1.54, 1.807) is 0 Å². The maximum Gasteiger partial charge on any atom is 0.221 e. The van der Waals surface area contributed by atoms with Crippen molar-refractivity contribution in [2.75, 3.05) is 12.0 Å². The van der Waals surface area contributed by atoms with E-state index in [0.29, 0.717) is 18.3 Å². The van der Waals surface area contributed by atoms with Crippen LogP contribution in [0.15, 0.2) is 6.33 Å². The summed E-state index contributed by atoms with van der Waals surface area (Å²) in [5.74, 6) is 6.44. The molecule has 0 aliphatic carbocycles. The predicted octanol–water partition coefficient (Wildman–Crippen LogP) is 0.859. The third kappa shape index (κ3) is 2.29. The van der Waals surface area contributed by atoms with Gasteiger partial charge in [0.15, 0.2) is 0 Å². The zero-order valence-electron chi connectivity index (χ0n) is 7.87. The molecule has 0 bridgehead atoms. The highest BCUT2D eigenvalue weighted by Gasteiger charge is 2.05. The largest absolute Gasteiger partial charge is 0.477 e. The molecule has 0 atom stereocenters. The summed E-state index contributed by atoms with van der Waals surface area (Å²) < 4.78 is 5.38. The fourth-order valence-corrected chi connectivity index (χ4v) is 0.924. The molecule has 0 aliphatic rings. The molecular weight excluding hydrogens is 168 g/mol. The second kappa shape index (κ2) is 4.61. The second-order valence-electron chi connectivity index (χ2n) is 2.65. The average molecular weight is 182 g/mol. The lowest BCUT2D eigenvalue weighted by atomic mass is 10.3. The van der Waals surface area contributed by atoms with Crippen LogP contribution in [-0.4, -0.2) is 16.6 Å². The van der Waals surface area contributed by atoms with Crippen LogP contribution >= 0.6 is 0 Å². The van der Waals surface area contributed by atoms with E-state index in [4.69, 9.17) is 10.6 Å². The number of ether oxygens (including phenoxy) is 1. The molecule has 1 rings (SSSR count). The van der Waals surface area contributed by atoms with Gasteiger partial charge in [-0.25, -0.2) is 15.8 Å². The minimum Gasteiger partial charge on any atom is -0.477 e. The standard InChI is InChI=1S/C8H14N4O/c1-3-4-13-8-6(2)7(12-9)10-5-11-8/h5H,3-4,9H2,1-2H3,(H,10,11,12). The number of nitrogens with one attached hydrogen (secondary N) is 1. The van der Waals surface area contributed by atoms with Crippen LogP contribution < -0.4 is 16.0 Å². The van der Waals surface area contributed by atoms with Crippen LogP contribution in [0, 0.1) is 6.92 Å². The molecular formula is C8H14N4O. The van der Waals surface area contributed by atoms with E-state index in [2.05, 4.69) is 15.4 Å². The molecule has 1 aromatic heterocycles. The quantitative estimate of drug-likeness (QED) is 0.533. The monoisotopic (exact) mass is 182 g/mol. The molecule has 0 saturated carbocycles. The van der Waals surface area contributed by atoms with Gasteiger partial charge in [-0.3, -0.25) is 0 Å². The first-order chi connectivity index (χ1) is 6.29. The zero-order chi connectivity index (χ0) is 9.68. The van der Waals surface area contributed by atoms with Crippen molar-refractivity contribution in [3.63, 3.8) is 0 Å². The molecule has 3 N–H and O–H groups in total. The van der Waals surface area contributed by atoms with Gasteiger partial charge in [-0.2, -0.15) is 0 Å². The summed E-state index contributed by atoms with van der Waals surface area (Å²) in [6.07, 6.45) is 2.38. The lowest BCUT2D eigenvalue weighted by Gasteiger charge is -2.08. The van der Waals surface area contributed by atoms with Crippen LogP contribution in [0.25, 0.3) is 0 Å². The normalized spacial score (nSPS) is 9.77. The van der Waals surface area contributed by atoms with Crippen molar-refractivity contribution in [3.05, 3.63) is 11.9 Å². The number of hydrogen-bond donors (Lipinski definition) is 2. The molecule has 5 nitrogen and oxygen atoms in total. The Bertz CT molecular complexity index is 277. The third-order valence-electron chi connectivity index (χ3n) is 1.62. The predicted molar refractivity (Wildman–Crippen MR) is 50.4 cm³/mol. The molecule has 0 aromatic carbocycles. The van der Waals surface area contributed by atoms with Crippen LogP contribution in [-0.2, 0) is 0 Å². The second-order valence-corrected chi connectivity index (χ2v) is 2.65. The van der Waals surface area contributed by atoms with E-state index in [-0.39, 0.29) is 0 Å². The Labute approximate surface area is 77.3 Å². The zero-order valence-corrected chi connectivity index (χ0v) is 7.87. The van der Waals surface area contributed by atoms with E-state index in [9.17, 15) is 0 Å². The summed E-state index contributed by atoms with van der Waals surface area (Å²) in [5.41, 5.74) is 3.31. The first-order valence-electron chi connectivity index (χ1n) is 4.20. The van der Waals surface area contributed by atoms with Gasteiger partial charge in [0, 0.05) is 0 Å². The molecule has 0 radical (unpaired) electrons. The number of nitrogens with zero attached hydrogens (tertiary/aromatic N) is 2. The highest BCUT2D eigenvalue weighted by Crippen LogP contribution is 2.19. The molecule has 13 heavy (non-hydrogen) atoms. The fourth-order valence-electron chi connectivity index (χ4n) is 0.924. The van der Waals surface area contributed by atoms with Crippen LogP contribution in [0.3, 0.4) is 0 Å². The number of anilines is 1. The van der Waals surface area contributed by atoms with E-state index in [1.807, 2.05) is 13.8 Å². The molecule has 1 aromatic rings. The van der Waals surface area contributed by atoms with Crippen LogP contribution in [0.1, 0.15) is 18.9 Å². The summed E-state index contributed by atoms with van der Waals surface area (Å²) in [6, 6.07) is 0. The maximum absolute atomic E-state index is 5.38. The summed E-state index contributed by atoms with van der Waals surface area (Å²) in [6.45, 7) is 4.56. The molecule has 1 heterocycles. The topological polar surface area (TPSA) is 73.1 Å². The van der Waals surface area contributed by atoms with Gasteiger partial charge in [0.25, 0.3) is 0 Å². The molecule has 0 amide bonds.